The highest BCUT2D eigenvalue weighted by atomic mass is 35.5. The van der Waals surface area contributed by atoms with Crippen molar-refractivity contribution in [3.05, 3.63) is 34.9 Å². The molecule has 0 amide bonds. The molecule has 0 fully saturated rings. The van der Waals surface area contributed by atoms with Crippen LogP contribution in [-0.2, 0) is 11.2 Å². The Kier molecular flexibility index (Phi) is 6.60. The van der Waals surface area contributed by atoms with Gasteiger partial charge in [-0.15, -0.1) is 0 Å². The van der Waals surface area contributed by atoms with Crippen LogP contribution in [0.25, 0.3) is 0 Å². The minimum atomic E-state index is -5.08. The van der Waals surface area contributed by atoms with Crippen molar-refractivity contribution >= 4 is 17.6 Å². The van der Waals surface area contributed by atoms with E-state index in [1.54, 1.807) is 0 Å². The maximum Gasteiger partial charge on any atom is 0.490 e. The van der Waals surface area contributed by atoms with Gasteiger partial charge in [0.05, 0.1) is 0 Å². The number of carboxylic acids is 1. The number of carboxylic acid groups (broad SMARTS) is 1. The Labute approximate surface area is 101 Å². The summed E-state index contributed by atoms with van der Waals surface area (Å²) in [5.74, 6) is -2.76. The lowest BCUT2D eigenvalue weighted by Gasteiger charge is -1.99. The molecule has 3 nitrogen and oxygen atoms in total. The Bertz CT molecular complexity index is 369. The normalized spacial score (nSPS) is 10.4. The first-order valence-corrected chi connectivity index (χ1v) is 4.90. The van der Waals surface area contributed by atoms with Crippen LogP contribution in [0.4, 0.5) is 13.2 Å². The first-order valence-electron chi connectivity index (χ1n) is 4.52. The smallest absolute Gasteiger partial charge is 0.475 e. The van der Waals surface area contributed by atoms with Crippen molar-refractivity contribution in [2.24, 2.45) is 5.73 Å². The van der Waals surface area contributed by atoms with Crippen molar-refractivity contribution in [3.8, 4) is 0 Å². The molecule has 1 aromatic carbocycles. The number of alkyl halides is 3. The van der Waals surface area contributed by atoms with E-state index in [0.29, 0.717) is 6.54 Å². The van der Waals surface area contributed by atoms with Crippen LogP contribution >= 0.6 is 11.6 Å². The summed E-state index contributed by atoms with van der Waals surface area (Å²) in [4.78, 5) is 8.90. The minimum absolute atomic E-state index is 0.656. The fourth-order valence-corrected chi connectivity index (χ4v) is 1.09. The molecule has 0 unspecified atom stereocenters. The number of carbonyl (C=O) groups is 1. The highest BCUT2D eigenvalue weighted by Crippen LogP contribution is 2.14. The van der Waals surface area contributed by atoms with Crippen LogP contribution in [0.5, 0.6) is 0 Å². The molecular formula is C10H11ClF3NO2. The second-order valence-corrected chi connectivity index (χ2v) is 3.34. The molecule has 0 atom stereocenters. The number of hydrogen-bond donors (Lipinski definition) is 2. The Balaban J connectivity index is 0.000000325. The summed E-state index contributed by atoms with van der Waals surface area (Å²) in [7, 11) is 0. The third kappa shape index (κ3) is 6.80. The lowest BCUT2D eigenvalue weighted by molar-refractivity contribution is -0.192. The summed E-state index contributed by atoms with van der Waals surface area (Å²) in [5.41, 5.74) is 6.50. The monoisotopic (exact) mass is 269 g/mol. The lowest BCUT2D eigenvalue weighted by Crippen LogP contribution is -2.21. The Morgan fingerprint density at radius 1 is 1.35 bits per heavy atom. The van der Waals surface area contributed by atoms with Gasteiger partial charge in [0.2, 0.25) is 0 Å². The highest BCUT2D eigenvalue weighted by molar-refractivity contribution is 6.31. The number of hydrogen-bond acceptors (Lipinski definition) is 2. The molecule has 0 saturated heterocycles. The van der Waals surface area contributed by atoms with Gasteiger partial charge in [-0.25, -0.2) is 4.79 Å². The summed E-state index contributed by atoms with van der Waals surface area (Å²) in [6.45, 7) is 0.656. The van der Waals surface area contributed by atoms with Crippen LogP contribution in [-0.4, -0.2) is 23.8 Å². The van der Waals surface area contributed by atoms with Crippen LogP contribution in [0, 0.1) is 0 Å². The Morgan fingerprint density at radius 3 is 2.18 bits per heavy atom. The van der Waals surface area contributed by atoms with Crippen LogP contribution in [0.3, 0.4) is 0 Å². The van der Waals surface area contributed by atoms with Gasteiger partial charge < -0.3 is 10.8 Å². The van der Waals surface area contributed by atoms with Crippen molar-refractivity contribution in [1.82, 2.24) is 0 Å². The number of benzene rings is 1. The van der Waals surface area contributed by atoms with Crippen molar-refractivity contribution < 1.29 is 23.1 Å². The molecule has 96 valence electrons. The zero-order valence-corrected chi connectivity index (χ0v) is 9.42. The van der Waals surface area contributed by atoms with Crippen molar-refractivity contribution in [2.45, 2.75) is 12.6 Å². The van der Waals surface area contributed by atoms with Gasteiger partial charge in [0.1, 0.15) is 0 Å². The lowest BCUT2D eigenvalue weighted by atomic mass is 10.1. The van der Waals surface area contributed by atoms with E-state index in [1.165, 1.54) is 0 Å². The third-order valence-electron chi connectivity index (χ3n) is 1.61. The fraction of sp³-hybridized carbons (Fsp3) is 0.300. The van der Waals surface area contributed by atoms with Crippen LogP contribution in [0.15, 0.2) is 24.3 Å². The van der Waals surface area contributed by atoms with Gasteiger partial charge in [-0.05, 0) is 24.6 Å². The van der Waals surface area contributed by atoms with E-state index in [-0.39, 0.29) is 0 Å². The molecule has 0 radical (unpaired) electrons. The first kappa shape index (κ1) is 15.7. The van der Waals surface area contributed by atoms with E-state index in [2.05, 4.69) is 0 Å². The second-order valence-electron chi connectivity index (χ2n) is 2.93. The van der Waals surface area contributed by atoms with Crippen molar-refractivity contribution in [3.63, 3.8) is 0 Å². The topological polar surface area (TPSA) is 63.3 Å². The van der Waals surface area contributed by atoms with Gasteiger partial charge in [-0.1, -0.05) is 29.8 Å². The minimum Gasteiger partial charge on any atom is -0.475 e. The summed E-state index contributed by atoms with van der Waals surface area (Å²) in [5, 5.41) is 7.94. The predicted molar refractivity (Wildman–Crippen MR) is 57.9 cm³/mol. The predicted octanol–water partition coefficient (Wildman–Crippen LogP) is 2.47. The zero-order valence-electron chi connectivity index (χ0n) is 8.67. The molecule has 0 bridgehead atoms. The fourth-order valence-electron chi connectivity index (χ4n) is 0.857. The molecule has 0 heterocycles. The van der Waals surface area contributed by atoms with Gasteiger partial charge in [-0.3, -0.25) is 0 Å². The molecule has 0 spiro atoms. The number of halogens is 4. The number of rotatable bonds is 2. The molecule has 0 aliphatic heterocycles. The average molecular weight is 270 g/mol. The Morgan fingerprint density at radius 2 is 1.82 bits per heavy atom. The van der Waals surface area contributed by atoms with E-state index in [0.717, 1.165) is 17.0 Å². The van der Waals surface area contributed by atoms with Gasteiger partial charge in [0.25, 0.3) is 0 Å². The van der Waals surface area contributed by atoms with E-state index < -0.39 is 12.1 Å². The van der Waals surface area contributed by atoms with Crippen LogP contribution < -0.4 is 5.73 Å². The van der Waals surface area contributed by atoms with Crippen molar-refractivity contribution in [1.29, 1.82) is 0 Å². The maximum atomic E-state index is 10.6. The zero-order chi connectivity index (χ0) is 13.5. The molecule has 3 N–H and O–H groups in total. The van der Waals surface area contributed by atoms with E-state index >= 15 is 0 Å². The molecule has 0 saturated carbocycles. The SMILES string of the molecule is NCCc1ccccc1Cl.O=C(O)C(F)(F)F. The first-order chi connectivity index (χ1) is 7.79. The van der Waals surface area contributed by atoms with E-state index in [4.69, 9.17) is 27.2 Å². The molecule has 1 rings (SSSR count). The van der Waals surface area contributed by atoms with Gasteiger partial charge >= 0.3 is 12.1 Å². The van der Waals surface area contributed by atoms with Crippen LogP contribution in [0.1, 0.15) is 5.56 Å². The van der Waals surface area contributed by atoms with Gasteiger partial charge in [0, 0.05) is 5.02 Å². The summed E-state index contributed by atoms with van der Waals surface area (Å²) in [6, 6.07) is 7.76. The molecule has 17 heavy (non-hydrogen) atoms. The number of aliphatic carboxylic acids is 1. The Hall–Kier alpha value is -1.27. The molecule has 0 aliphatic carbocycles. The molecule has 0 aromatic heterocycles. The molecule has 1 aromatic rings. The van der Waals surface area contributed by atoms with Gasteiger partial charge in [0.15, 0.2) is 0 Å². The molecular weight excluding hydrogens is 259 g/mol. The summed E-state index contributed by atoms with van der Waals surface area (Å²) in [6.07, 6.45) is -4.22. The standard InChI is InChI=1S/C8H10ClN.C2HF3O2/c9-8-4-2-1-3-7(8)5-6-10;3-2(4,5)1(6)7/h1-4H,5-6,10H2;(H,6,7). The third-order valence-corrected chi connectivity index (χ3v) is 1.98. The molecule has 0 aliphatic rings. The largest absolute Gasteiger partial charge is 0.490 e. The maximum absolute atomic E-state index is 10.6. The summed E-state index contributed by atoms with van der Waals surface area (Å²) < 4.78 is 31.7. The van der Waals surface area contributed by atoms with Gasteiger partial charge in [-0.2, -0.15) is 13.2 Å². The van der Waals surface area contributed by atoms with Crippen molar-refractivity contribution in [2.75, 3.05) is 6.54 Å². The van der Waals surface area contributed by atoms with E-state index in [9.17, 15) is 13.2 Å². The molecule has 7 heteroatoms. The van der Waals surface area contributed by atoms with Crippen LogP contribution in [0.2, 0.25) is 5.02 Å². The number of nitrogens with two attached hydrogens (primary N) is 1. The average Bonchev–Trinajstić information content (AvgIpc) is 2.21. The summed E-state index contributed by atoms with van der Waals surface area (Å²) >= 11 is 5.85. The highest BCUT2D eigenvalue weighted by Gasteiger charge is 2.38. The van der Waals surface area contributed by atoms with E-state index in [1.807, 2.05) is 24.3 Å². The second kappa shape index (κ2) is 7.13. The quantitative estimate of drug-likeness (QED) is 0.867.